The molecule has 0 spiro atoms. The second-order valence-corrected chi connectivity index (χ2v) is 6.85. The first kappa shape index (κ1) is 20.9. The molecule has 0 aromatic heterocycles. The highest BCUT2D eigenvalue weighted by Gasteiger charge is 2.24. The van der Waals surface area contributed by atoms with Crippen molar-refractivity contribution in [2.24, 2.45) is 0 Å². The van der Waals surface area contributed by atoms with E-state index in [0.29, 0.717) is 42.0 Å². The Morgan fingerprint density at radius 2 is 1.93 bits per heavy atom. The number of carbonyl (C=O) groups excluding carboxylic acids is 3. The van der Waals surface area contributed by atoms with Gasteiger partial charge < -0.3 is 24.6 Å². The van der Waals surface area contributed by atoms with Gasteiger partial charge in [-0.15, -0.1) is 11.8 Å². The van der Waals surface area contributed by atoms with Crippen LogP contribution >= 0.6 is 11.8 Å². The van der Waals surface area contributed by atoms with Gasteiger partial charge in [0.1, 0.15) is 6.54 Å². The fourth-order valence-electron chi connectivity index (χ4n) is 2.46. The summed E-state index contributed by atoms with van der Waals surface area (Å²) in [5.41, 5.74) is 0.555. The number of amides is 3. The minimum atomic E-state index is -0.334. The molecule has 27 heavy (non-hydrogen) atoms. The van der Waals surface area contributed by atoms with Gasteiger partial charge in [0.15, 0.2) is 11.5 Å². The van der Waals surface area contributed by atoms with Crippen LogP contribution in [-0.4, -0.2) is 72.5 Å². The highest BCUT2D eigenvalue weighted by atomic mass is 32.2. The molecule has 2 rings (SSSR count). The molecule has 1 aromatic rings. The molecule has 1 saturated heterocycles. The van der Waals surface area contributed by atoms with Crippen LogP contribution in [0.25, 0.3) is 0 Å². The van der Waals surface area contributed by atoms with Crippen molar-refractivity contribution in [3.8, 4) is 11.5 Å². The predicted octanol–water partition coefficient (Wildman–Crippen LogP) is 1.41. The normalized spacial score (nSPS) is 13.4. The Morgan fingerprint density at radius 1 is 1.22 bits per heavy atom. The summed E-state index contributed by atoms with van der Waals surface area (Å²) in [6.45, 7) is 4.62. The molecule has 0 saturated carbocycles. The lowest BCUT2D eigenvalue weighted by molar-refractivity contribution is -0.138. The van der Waals surface area contributed by atoms with E-state index in [1.54, 1.807) is 25.2 Å². The molecule has 0 bridgehead atoms. The molecule has 3 amide bonds. The van der Waals surface area contributed by atoms with Crippen molar-refractivity contribution in [1.29, 1.82) is 0 Å². The van der Waals surface area contributed by atoms with Crippen molar-refractivity contribution in [2.45, 2.75) is 13.8 Å². The minimum absolute atomic E-state index is 0.00679. The molecule has 0 radical (unpaired) electrons. The number of likely N-dealkylation sites (N-methyl/N-ethyl adjacent to an activating group) is 1. The number of benzene rings is 1. The summed E-state index contributed by atoms with van der Waals surface area (Å²) in [4.78, 5) is 38.8. The maximum absolute atomic E-state index is 12.2. The molecule has 0 atom stereocenters. The molecule has 0 unspecified atom stereocenters. The molecule has 1 aromatic carbocycles. The summed E-state index contributed by atoms with van der Waals surface area (Å²) in [6, 6.07) is 5.14. The quantitative estimate of drug-likeness (QED) is 0.680. The summed E-state index contributed by atoms with van der Waals surface area (Å²) in [5, 5.41) is 2.75. The van der Waals surface area contributed by atoms with Crippen LogP contribution < -0.4 is 14.8 Å². The molecule has 148 valence electrons. The smallest absolute Gasteiger partial charge is 0.243 e. The van der Waals surface area contributed by atoms with E-state index < -0.39 is 0 Å². The lowest BCUT2D eigenvalue weighted by Crippen LogP contribution is -2.42. The van der Waals surface area contributed by atoms with Gasteiger partial charge in [0, 0.05) is 18.8 Å². The number of nitrogens with one attached hydrogen (secondary N) is 1. The van der Waals surface area contributed by atoms with E-state index >= 15 is 0 Å². The summed E-state index contributed by atoms with van der Waals surface area (Å²) in [6.07, 6.45) is 0. The van der Waals surface area contributed by atoms with Gasteiger partial charge in [-0.2, -0.15) is 0 Å². The Kier molecular flexibility index (Phi) is 7.78. The Balaban J connectivity index is 1.91. The van der Waals surface area contributed by atoms with Crippen LogP contribution in [0.2, 0.25) is 0 Å². The number of thioether (sulfide) groups is 1. The van der Waals surface area contributed by atoms with Crippen LogP contribution in [0.15, 0.2) is 18.2 Å². The molecule has 8 nitrogen and oxygen atoms in total. The van der Waals surface area contributed by atoms with E-state index in [1.807, 2.05) is 13.8 Å². The Bertz CT molecular complexity index is 698. The second kappa shape index (κ2) is 10.1. The van der Waals surface area contributed by atoms with Crippen LogP contribution in [0.3, 0.4) is 0 Å². The Morgan fingerprint density at radius 3 is 2.56 bits per heavy atom. The monoisotopic (exact) mass is 395 g/mol. The molecule has 0 aliphatic carbocycles. The van der Waals surface area contributed by atoms with Gasteiger partial charge in [0.05, 0.1) is 31.4 Å². The van der Waals surface area contributed by atoms with Crippen LogP contribution in [0.4, 0.5) is 5.69 Å². The number of carbonyl (C=O) groups is 3. The Hall–Kier alpha value is -2.42. The van der Waals surface area contributed by atoms with E-state index in [2.05, 4.69) is 5.32 Å². The second-order valence-electron chi connectivity index (χ2n) is 5.89. The number of ether oxygens (including phenoxy) is 2. The van der Waals surface area contributed by atoms with Crippen molar-refractivity contribution >= 4 is 35.2 Å². The molecule has 1 aliphatic heterocycles. The van der Waals surface area contributed by atoms with E-state index in [0.717, 1.165) is 0 Å². The van der Waals surface area contributed by atoms with E-state index in [4.69, 9.17) is 9.47 Å². The SMILES string of the molecule is CCOc1ccc(NC(=O)CN(C)C(=O)CN2CSCC2=O)cc1OCC. The van der Waals surface area contributed by atoms with Gasteiger partial charge in [-0.1, -0.05) is 0 Å². The molecular weight excluding hydrogens is 370 g/mol. The van der Waals surface area contributed by atoms with Crippen molar-refractivity contribution in [1.82, 2.24) is 9.80 Å². The fourth-order valence-corrected chi connectivity index (χ4v) is 3.36. The zero-order chi connectivity index (χ0) is 19.8. The van der Waals surface area contributed by atoms with Crippen LogP contribution in [0.5, 0.6) is 11.5 Å². The highest BCUT2D eigenvalue weighted by Crippen LogP contribution is 2.30. The lowest BCUT2D eigenvalue weighted by atomic mass is 10.2. The topological polar surface area (TPSA) is 88.2 Å². The summed E-state index contributed by atoms with van der Waals surface area (Å²) < 4.78 is 11.0. The van der Waals surface area contributed by atoms with Gasteiger partial charge in [0.2, 0.25) is 17.7 Å². The summed E-state index contributed by atoms with van der Waals surface area (Å²) in [7, 11) is 1.54. The zero-order valence-corrected chi connectivity index (χ0v) is 16.6. The summed E-state index contributed by atoms with van der Waals surface area (Å²) >= 11 is 1.47. The molecule has 1 N–H and O–H groups in total. The van der Waals surface area contributed by atoms with Gasteiger partial charge in [-0.3, -0.25) is 14.4 Å². The average molecular weight is 395 g/mol. The van der Waals surface area contributed by atoms with Crippen molar-refractivity contribution < 1.29 is 23.9 Å². The number of nitrogens with zero attached hydrogens (tertiary/aromatic N) is 2. The third-order valence-corrected chi connectivity index (χ3v) is 4.73. The van der Waals surface area contributed by atoms with Gasteiger partial charge in [-0.05, 0) is 26.0 Å². The highest BCUT2D eigenvalue weighted by molar-refractivity contribution is 8.00. The van der Waals surface area contributed by atoms with Crippen molar-refractivity contribution in [3.05, 3.63) is 18.2 Å². The number of hydrogen-bond donors (Lipinski definition) is 1. The van der Waals surface area contributed by atoms with E-state index in [1.165, 1.54) is 21.6 Å². The van der Waals surface area contributed by atoms with E-state index in [-0.39, 0.29) is 30.8 Å². The van der Waals surface area contributed by atoms with E-state index in [9.17, 15) is 14.4 Å². The number of anilines is 1. The zero-order valence-electron chi connectivity index (χ0n) is 15.8. The number of hydrogen-bond acceptors (Lipinski definition) is 6. The van der Waals surface area contributed by atoms with Crippen molar-refractivity contribution in [3.63, 3.8) is 0 Å². The van der Waals surface area contributed by atoms with Crippen molar-refractivity contribution in [2.75, 3.05) is 50.3 Å². The summed E-state index contributed by atoms with van der Waals surface area (Å²) in [5.74, 6) is 1.41. The minimum Gasteiger partial charge on any atom is -0.490 e. The van der Waals surface area contributed by atoms with Crippen LogP contribution in [0, 0.1) is 0 Å². The number of rotatable bonds is 9. The molecule has 1 aliphatic rings. The average Bonchev–Trinajstić information content (AvgIpc) is 3.02. The van der Waals surface area contributed by atoms with Crippen LogP contribution in [-0.2, 0) is 14.4 Å². The maximum atomic E-state index is 12.2. The largest absolute Gasteiger partial charge is 0.490 e. The standard InChI is InChI=1S/C18H25N3O5S/c1-4-25-14-7-6-13(8-15(14)26-5-2)19-16(22)9-20(3)17(23)10-21-12-27-11-18(21)24/h6-8H,4-5,9-12H2,1-3H3,(H,19,22). The first-order chi connectivity index (χ1) is 12.9. The predicted molar refractivity (Wildman–Crippen MR) is 104 cm³/mol. The Labute approximate surface area is 163 Å². The third kappa shape index (κ3) is 6.06. The lowest BCUT2D eigenvalue weighted by Gasteiger charge is -2.21. The third-order valence-electron chi connectivity index (χ3n) is 3.79. The fraction of sp³-hybridized carbons (Fsp3) is 0.500. The first-order valence-electron chi connectivity index (χ1n) is 8.73. The van der Waals surface area contributed by atoms with Crippen LogP contribution in [0.1, 0.15) is 13.8 Å². The first-order valence-corrected chi connectivity index (χ1v) is 9.89. The van der Waals surface area contributed by atoms with Gasteiger partial charge >= 0.3 is 0 Å². The molecule has 9 heteroatoms. The van der Waals surface area contributed by atoms with Gasteiger partial charge in [-0.25, -0.2) is 0 Å². The van der Waals surface area contributed by atoms with Gasteiger partial charge in [0.25, 0.3) is 0 Å². The molecule has 1 fully saturated rings. The maximum Gasteiger partial charge on any atom is 0.243 e. The molecule has 1 heterocycles. The molecular formula is C18H25N3O5S.